The maximum absolute atomic E-state index is 12.6. The molecule has 0 aromatic carbocycles. The molecule has 0 saturated heterocycles. The van der Waals surface area contributed by atoms with Crippen molar-refractivity contribution < 1.29 is 9.72 Å². The van der Waals surface area contributed by atoms with Crippen molar-refractivity contribution >= 4 is 11.6 Å². The molecule has 132 valence electrons. The van der Waals surface area contributed by atoms with Crippen LogP contribution in [0.4, 0.5) is 5.69 Å². The van der Waals surface area contributed by atoms with Crippen LogP contribution in [0.3, 0.4) is 0 Å². The fourth-order valence-electron chi connectivity index (χ4n) is 4.76. The molecule has 2 aliphatic carbocycles. The maximum Gasteiger partial charge on any atom is 0.312 e. The van der Waals surface area contributed by atoms with E-state index < -0.39 is 11.0 Å². The van der Waals surface area contributed by atoms with Gasteiger partial charge in [0.1, 0.15) is 17.4 Å². The quantitative estimate of drug-likeness (QED) is 0.662. The summed E-state index contributed by atoms with van der Waals surface area (Å²) in [6.45, 7) is 7.07. The Kier molecular flexibility index (Phi) is 4.36. The Morgan fingerprint density at radius 1 is 1.33 bits per heavy atom. The molecule has 1 N–H and O–H groups in total. The van der Waals surface area contributed by atoms with Crippen LogP contribution in [0.1, 0.15) is 57.0 Å². The average molecular weight is 334 g/mol. The minimum atomic E-state index is -0.557. The van der Waals surface area contributed by atoms with E-state index in [9.17, 15) is 14.9 Å². The molecule has 0 unspecified atom stereocenters. The summed E-state index contributed by atoms with van der Waals surface area (Å²) in [7, 11) is 0. The van der Waals surface area contributed by atoms with Gasteiger partial charge in [-0.15, -0.1) is 0 Å². The summed E-state index contributed by atoms with van der Waals surface area (Å²) in [6.07, 6.45) is 5.15. The van der Waals surface area contributed by atoms with Crippen molar-refractivity contribution in [3.05, 3.63) is 21.5 Å². The number of aryl methyl sites for hydroxylation is 1. The largest absolute Gasteiger partial charge is 0.352 e. The average Bonchev–Trinajstić information content (AvgIpc) is 3.20. The number of nitrogens with zero attached hydrogens (tertiary/aromatic N) is 3. The second-order valence-electron chi connectivity index (χ2n) is 7.53. The van der Waals surface area contributed by atoms with Gasteiger partial charge in [0.05, 0.1) is 4.92 Å². The predicted molar refractivity (Wildman–Crippen MR) is 89.6 cm³/mol. The molecular weight excluding hydrogens is 308 g/mol. The zero-order valence-electron chi connectivity index (χ0n) is 14.8. The number of fused-ring (bicyclic) bond motifs is 2. The summed E-state index contributed by atoms with van der Waals surface area (Å²) in [4.78, 5) is 23.3. The highest BCUT2D eigenvalue weighted by Gasteiger charge is 2.42. The number of amides is 1. The molecule has 7 nitrogen and oxygen atoms in total. The smallest absolute Gasteiger partial charge is 0.312 e. The second-order valence-corrected chi connectivity index (χ2v) is 7.53. The summed E-state index contributed by atoms with van der Waals surface area (Å²) in [5, 5.41) is 18.5. The lowest BCUT2D eigenvalue weighted by Crippen LogP contribution is -2.43. The van der Waals surface area contributed by atoms with E-state index in [1.807, 2.05) is 0 Å². The van der Waals surface area contributed by atoms with Crippen molar-refractivity contribution in [1.29, 1.82) is 0 Å². The molecule has 3 rings (SSSR count). The molecule has 1 aromatic rings. The summed E-state index contributed by atoms with van der Waals surface area (Å²) < 4.78 is 1.47. The van der Waals surface area contributed by atoms with Gasteiger partial charge in [0.2, 0.25) is 5.91 Å². The molecule has 2 aliphatic rings. The number of carbonyl (C=O) groups is 1. The van der Waals surface area contributed by atoms with Gasteiger partial charge in [0, 0.05) is 6.04 Å². The number of hydrogen-bond acceptors (Lipinski definition) is 4. The van der Waals surface area contributed by atoms with Crippen molar-refractivity contribution in [2.24, 2.45) is 17.8 Å². The lowest BCUT2D eigenvalue weighted by atomic mass is 9.84. The molecule has 5 atom stereocenters. The fourth-order valence-corrected chi connectivity index (χ4v) is 4.76. The van der Waals surface area contributed by atoms with Crippen LogP contribution >= 0.6 is 0 Å². The Morgan fingerprint density at radius 2 is 2.04 bits per heavy atom. The van der Waals surface area contributed by atoms with Gasteiger partial charge in [-0.1, -0.05) is 6.42 Å². The molecule has 2 bridgehead atoms. The normalized spacial score (nSPS) is 27.9. The molecule has 0 spiro atoms. The standard InChI is InChI=1S/C17H26N4O3/c1-9(15-8-13-5-6-14(15)7-13)18-17(22)12(4)20-11(3)16(21(23)24)10(2)19-20/h9,12-15H,5-8H2,1-4H3,(H,18,22)/t9-,12+,13-,14-,15+/m0/s1. The molecule has 2 saturated carbocycles. The van der Waals surface area contributed by atoms with E-state index in [1.54, 1.807) is 20.8 Å². The van der Waals surface area contributed by atoms with Crippen LogP contribution in [-0.2, 0) is 4.79 Å². The fraction of sp³-hybridized carbons (Fsp3) is 0.765. The van der Waals surface area contributed by atoms with Crippen LogP contribution in [0.5, 0.6) is 0 Å². The van der Waals surface area contributed by atoms with Gasteiger partial charge in [-0.3, -0.25) is 19.6 Å². The van der Waals surface area contributed by atoms with Crippen LogP contribution in [-0.4, -0.2) is 26.7 Å². The first-order valence-electron chi connectivity index (χ1n) is 8.80. The van der Waals surface area contributed by atoms with Gasteiger partial charge in [-0.2, -0.15) is 5.10 Å². The summed E-state index contributed by atoms with van der Waals surface area (Å²) in [5.74, 6) is 2.03. The van der Waals surface area contributed by atoms with Crippen molar-refractivity contribution in [1.82, 2.24) is 15.1 Å². The summed E-state index contributed by atoms with van der Waals surface area (Å²) in [6, 6.07) is -0.416. The van der Waals surface area contributed by atoms with Crippen LogP contribution in [0, 0.1) is 41.7 Å². The van der Waals surface area contributed by atoms with Gasteiger partial charge in [0.15, 0.2) is 0 Å². The van der Waals surface area contributed by atoms with E-state index in [0.717, 1.165) is 11.8 Å². The number of rotatable bonds is 5. The van der Waals surface area contributed by atoms with Crippen LogP contribution in [0.25, 0.3) is 0 Å². The van der Waals surface area contributed by atoms with Crippen molar-refractivity contribution in [2.45, 2.75) is 65.5 Å². The molecule has 0 aliphatic heterocycles. The Labute approximate surface area is 142 Å². The molecule has 7 heteroatoms. The number of hydrogen-bond donors (Lipinski definition) is 1. The van der Waals surface area contributed by atoms with E-state index in [2.05, 4.69) is 17.3 Å². The zero-order valence-corrected chi connectivity index (χ0v) is 14.8. The van der Waals surface area contributed by atoms with Gasteiger partial charge in [-0.05, 0) is 64.7 Å². The number of nitrogens with one attached hydrogen (secondary N) is 1. The van der Waals surface area contributed by atoms with E-state index >= 15 is 0 Å². The Morgan fingerprint density at radius 3 is 2.54 bits per heavy atom. The first-order valence-corrected chi connectivity index (χ1v) is 8.80. The van der Waals surface area contributed by atoms with Gasteiger partial charge >= 0.3 is 5.69 Å². The SMILES string of the molecule is Cc1nn([C@H](C)C(=O)N[C@@H](C)[C@H]2C[C@H]3CC[C@H]2C3)c(C)c1[N+](=O)[O-]. The first kappa shape index (κ1) is 16.9. The Balaban J connectivity index is 1.69. The predicted octanol–water partition coefficient (Wildman–Crippen LogP) is 2.91. The number of nitro groups is 1. The van der Waals surface area contributed by atoms with Crippen LogP contribution < -0.4 is 5.32 Å². The second kappa shape index (κ2) is 6.18. The van der Waals surface area contributed by atoms with E-state index in [4.69, 9.17) is 0 Å². The molecule has 1 amide bonds. The molecule has 1 aromatic heterocycles. The molecule has 24 heavy (non-hydrogen) atoms. The zero-order chi connectivity index (χ0) is 17.6. The molecule has 1 heterocycles. The lowest BCUT2D eigenvalue weighted by molar-refractivity contribution is -0.386. The molecule has 2 fully saturated rings. The van der Waals surface area contributed by atoms with Crippen molar-refractivity contribution in [3.63, 3.8) is 0 Å². The highest BCUT2D eigenvalue weighted by Crippen LogP contribution is 2.49. The monoisotopic (exact) mass is 334 g/mol. The minimum Gasteiger partial charge on any atom is -0.352 e. The topological polar surface area (TPSA) is 90.1 Å². The Hall–Kier alpha value is -1.92. The van der Waals surface area contributed by atoms with Gasteiger partial charge < -0.3 is 5.32 Å². The third-order valence-electron chi connectivity index (χ3n) is 6.02. The highest BCUT2D eigenvalue weighted by atomic mass is 16.6. The van der Waals surface area contributed by atoms with Crippen molar-refractivity contribution in [2.75, 3.05) is 0 Å². The third kappa shape index (κ3) is 2.80. The number of aromatic nitrogens is 2. The van der Waals surface area contributed by atoms with Gasteiger partial charge in [0.25, 0.3) is 0 Å². The van der Waals surface area contributed by atoms with E-state index in [-0.39, 0.29) is 17.6 Å². The van der Waals surface area contributed by atoms with Crippen LogP contribution in [0.2, 0.25) is 0 Å². The molecule has 0 radical (unpaired) electrons. The number of carbonyl (C=O) groups excluding carboxylic acids is 1. The van der Waals surface area contributed by atoms with Gasteiger partial charge in [-0.25, -0.2) is 0 Å². The van der Waals surface area contributed by atoms with E-state index in [1.165, 1.54) is 30.4 Å². The minimum absolute atomic E-state index is 0.00389. The summed E-state index contributed by atoms with van der Waals surface area (Å²) >= 11 is 0. The summed E-state index contributed by atoms with van der Waals surface area (Å²) in [5.41, 5.74) is 0.766. The maximum atomic E-state index is 12.6. The highest BCUT2D eigenvalue weighted by molar-refractivity contribution is 5.80. The third-order valence-corrected chi connectivity index (χ3v) is 6.02. The van der Waals surface area contributed by atoms with Crippen molar-refractivity contribution in [3.8, 4) is 0 Å². The lowest BCUT2D eigenvalue weighted by Gasteiger charge is -2.29. The van der Waals surface area contributed by atoms with Crippen LogP contribution in [0.15, 0.2) is 0 Å². The van der Waals surface area contributed by atoms with E-state index in [0.29, 0.717) is 17.3 Å². The Bertz CT molecular complexity index is 669. The molecular formula is C17H26N4O3. The first-order chi connectivity index (χ1) is 11.3.